The second-order valence-electron chi connectivity index (χ2n) is 6.59. The number of carbonyl (C=O) groups excluding carboxylic acids is 1. The first-order valence-corrected chi connectivity index (χ1v) is 9.21. The number of hydrogen-bond acceptors (Lipinski definition) is 3. The van der Waals surface area contributed by atoms with Crippen molar-refractivity contribution in [2.75, 3.05) is 30.8 Å². The van der Waals surface area contributed by atoms with Crippen LogP contribution in [0.15, 0.2) is 30.3 Å². The summed E-state index contributed by atoms with van der Waals surface area (Å²) in [5.74, 6) is 0.469. The Morgan fingerprint density at radius 2 is 1.83 bits per heavy atom. The first kappa shape index (κ1) is 19.5. The highest BCUT2D eigenvalue weighted by Gasteiger charge is 2.19. The van der Waals surface area contributed by atoms with E-state index in [-0.39, 0.29) is 16.8 Å². The Morgan fingerprint density at radius 3 is 2.39 bits per heavy atom. The Labute approximate surface area is 142 Å². The van der Waals surface area contributed by atoms with Gasteiger partial charge < -0.3 is 15.5 Å². The van der Waals surface area contributed by atoms with Crippen LogP contribution in [0.5, 0.6) is 0 Å². The zero-order valence-electron chi connectivity index (χ0n) is 14.8. The zero-order valence-corrected chi connectivity index (χ0v) is 15.6. The highest BCUT2D eigenvalue weighted by Crippen LogP contribution is 2.13. The summed E-state index contributed by atoms with van der Waals surface area (Å²) in [6.07, 6.45) is 0. The van der Waals surface area contributed by atoms with Crippen LogP contribution in [0, 0.1) is 0 Å². The number of nitrogens with one attached hydrogen (secondary N) is 2. The van der Waals surface area contributed by atoms with Crippen molar-refractivity contribution in [3.05, 3.63) is 30.3 Å². The number of para-hydroxylation sites is 1. The van der Waals surface area contributed by atoms with Crippen molar-refractivity contribution in [3.8, 4) is 0 Å². The number of urea groups is 1. The van der Waals surface area contributed by atoms with E-state index in [1.807, 2.05) is 58.2 Å². The third-order valence-electron chi connectivity index (χ3n) is 3.64. The molecular formula is C17H29N3O2S. The van der Waals surface area contributed by atoms with Crippen molar-refractivity contribution >= 4 is 22.5 Å². The topological polar surface area (TPSA) is 61.4 Å². The molecule has 5 nitrogen and oxygen atoms in total. The van der Waals surface area contributed by atoms with Crippen molar-refractivity contribution in [2.24, 2.45) is 0 Å². The van der Waals surface area contributed by atoms with E-state index in [9.17, 15) is 9.00 Å². The molecule has 0 bridgehead atoms. The first-order valence-electron chi connectivity index (χ1n) is 7.90. The molecule has 0 radical (unpaired) electrons. The molecule has 0 saturated carbocycles. The molecule has 0 aliphatic rings. The Morgan fingerprint density at radius 1 is 1.22 bits per heavy atom. The van der Waals surface area contributed by atoms with Gasteiger partial charge in [-0.15, -0.1) is 0 Å². The second kappa shape index (κ2) is 8.91. The minimum atomic E-state index is -0.949. The lowest BCUT2D eigenvalue weighted by Gasteiger charge is -2.27. The smallest absolute Gasteiger partial charge is 0.314 e. The highest BCUT2D eigenvalue weighted by molar-refractivity contribution is 7.86. The van der Waals surface area contributed by atoms with E-state index in [1.165, 1.54) is 0 Å². The van der Waals surface area contributed by atoms with Gasteiger partial charge in [-0.1, -0.05) is 18.2 Å². The fourth-order valence-electron chi connectivity index (χ4n) is 1.92. The summed E-state index contributed by atoms with van der Waals surface area (Å²) in [5, 5.41) is 5.61. The van der Waals surface area contributed by atoms with E-state index in [0.717, 1.165) is 5.69 Å². The largest absolute Gasteiger partial charge is 0.370 e. The number of likely N-dealkylation sites (N-methyl/N-ethyl adjacent to an activating group) is 1. The Balaban J connectivity index is 2.29. The summed E-state index contributed by atoms with van der Waals surface area (Å²) in [7, 11) is 1.06. The molecule has 130 valence electrons. The molecule has 0 saturated heterocycles. The molecule has 2 amide bonds. The van der Waals surface area contributed by atoms with Crippen LogP contribution in [0.25, 0.3) is 0 Å². The van der Waals surface area contributed by atoms with Gasteiger partial charge in [0.15, 0.2) is 0 Å². The van der Waals surface area contributed by atoms with Crippen LogP contribution in [0.2, 0.25) is 0 Å². The van der Waals surface area contributed by atoms with Crippen LogP contribution < -0.4 is 15.5 Å². The molecule has 0 aliphatic carbocycles. The molecule has 2 N–H and O–H groups in total. The van der Waals surface area contributed by atoms with Crippen LogP contribution in [-0.4, -0.2) is 46.9 Å². The van der Waals surface area contributed by atoms with Crippen LogP contribution in [0.3, 0.4) is 0 Å². The van der Waals surface area contributed by atoms with E-state index in [4.69, 9.17) is 0 Å². The van der Waals surface area contributed by atoms with Gasteiger partial charge in [0.05, 0.1) is 0 Å². The maximum atomic E-state index is 11.9. The molecule has 2 atom stereocenters. The van der Waals surface area contributed by atoms with Crippen molar-refractivity contribution in [1.29, 1.82) is 0 Å². The van der Waals surface area contributed by atoms with Crippen molar-refractivity contribution < 1.29 is 9.00 Å². The normalized spacial score (nSPS) is 14.0. The fraction of sp³-hybridized carbons (Fsp3) is 0.588. The molecule has 0 aromatic heterocycles. The third-order valence-corrected chi connectivity index (χ3v) is 5.58. The molecule has 1 aromatic carbocycles. The maximum absolute atomic E-state index is 11.9. The number of hydrogen-bond donors (Lipinski definition) is 2. The molecule has 0 aliphatic heterocycles. The van der Waals surface area contributed by atoms with Gasteiger partial charge in [0.25, 0.3) is 0 Å². The number of carbonyl (C=O) groups is 1. The zero-order chi connectivity index (χ0) is 17.5. The third kappa shape index (κ3) is 7.03. The summed E-state index contributed by atoms with van der Waals surface area (Å²) in [6, 6.07) is 10.0. The second-order valence-corrected chi connectivity index (χ2v) is 8.92. The molecule has 1 aromatic rings. The van der Waals surface area contributed by atoms with Gasteiger partial charge in [-0.2, -0.15) is 0 Å². The summed E-state index contributed by atoms with van der Waals surface area (Å²) in [4.78, 5) is 13.9. The quantitative estimate of drug-likeness (QED) is 0.802. The summed E-state index contributed by atoms with van der Waals surface area (Å²) in [6.45, 7) is 8.82. The lowest BCUT2D eigenvalue weighted by molar-refractivity contribution is 0.241. The van der Waals surface area contributed by atoms with Crippen LogP contribution >= 0.6 is 0 Å². The van der Waals surface area contributed by atoms with Crippen LogP contribution in [0.4, 0.5) is 10.5 Å². The van der Waals surface area contributed by atoms with E-state index >= 15 is 0 Å². The van der Waals surface area contributed by atoms with Crippen LogP contribution in [0.1, 0.15) is 27.7 Å². The monoisotopic (exact) mass is 339 g/mol. The fourth-order valence-corrected chi connectivity index (χ4v) is 2.82. The number of benzene rings is 1. The van der Waals surface area contributed by atoms with E-state index in [2.05, 4.69) is 22.5 Å². The maximum Gasteiger partial charge on any atom is 0.314 e. The molecule has 0 heterocycles. The van der Waals surface area contributed by atoms with Crippen LogP contribution in [-0.2, 0) is 10.8 Å². The number of nitrogens with zero attached hydrogens (tertiary/aromatic N) is 1. The SMILES string of the molecule is C[C@H](CNC(=O)NCC[S@@](=O)C(C)(C)C)N(C)c1ccccc1. The molecule has 6 heteroatoms. The van der Waals surface area contributed by atoms with E-state index in [1.54, 1.807) is 0 Å². The average molecular weight is 340 g/mol. The van der Waals surface area contributed by atoms with Gasteiger partial charge in [0.1, 0.15) is 0 Å². The Hall–Kier alpha value is -1.56. The molecular weight excluding hydrogens is 310 g/mol. The summed E-state index contributed by atoms with van der Waals surface area (Å²) >= 11 is 0. The van der Waals surface area contributed by atoms with Gasteiger partial charge in [0.2, 0.25) is 0 Å². The molecule has 1 rings (SSSR count). The lowest BCUT2D eigenvalue weighted by Crippen LogP contribution is -2.45. The standard InChI is InChI=1S/C17H29N3O2S/c1-14(20(5)15-9-7-6-8-10-15)13-19-16(21)18-11-12-23(22)17(2,3)4/h6-10,14H,11-13H2,1-5H3,(H2,18,19,21)/t14-,23-/m1/s1. The lowest BCUT2D eigenvalue weighted by atomic mass is 10.2. The highest BCUT2D eigenvalue weighted by atomic mass is 32.2. The van der Waals surface area contributed by atoms with Gasteiger partial charge in [-0.05, 0) is 39.8 Å². The van der Waals surface area contributed by atoms with E-state index < -0.39 is 10.8 Å². The predicted molar refractivity (Wildman–Crippen MR) is 98.5 cm³/mol. The van der Waals surface area contributed by atoms with Gasteiger partial charge >= 0.3 is 6.03 Å². The summed E-state index contributed by atoms with van der Waals surface area (Å²) in [5.41, 5.74) is 1.11. The number of anilines is 1. The molecule has 23 heavy (non-hydrogen) atoms. The first-order chi connectivity index (χ1) is 10.7. The number of rotatable bonds is 7. The van der Waals surface area contributed by atoms with Crippen molar-refractivity contribution in [1.82, 2.24) is 10.6 Å². The van der Waals surface area contributed by atoms with Crippen molar-refractivity contribution in [3.63, 3.8) is 0 Å². The molecule has 0 spiro atoms. The predicted octanol–water partition coefficient (Wildman–Crippen LogP) is 2.36. The van der Waals surface area contributed by atoms with E-state index in [0.29, 0.717) is 18.8 Å². The average Bonchev–Trinajstić information content (AvgIpc) is 2.51. The van der Waals surface area contributed by atoms with Crippen molar-refractivity contribution in [2.45, 2.75) is 38.5 Å². The number of amides is 2. The minimum absolute atomic E-state index is 0.173. The van der Waals surface area contributed by atoms with Gasteiger partial charge in [-0.3, -0.25) is 4.21 Å². The summed E-state index contributed by atoms with van der Waals surface area (Å²) < 4.78 is 11.6. The molecule has 0 fully saturated rings. The van der Waals surface area contributed by atoms with Gasteiger partial charge in [0, 0.05) is 53.2 Å². The Kier molecular flexibility index (Phi) is 7.55. The minimum Gasteiger partial charge on any atom is -0.370 e. The Bertz CT molecular complexity index is 514. The molecule has 0 unspecified atom stereocenters. The van der Waals surface area contributed by atoms with Gasteiger partial charge in [-0.25, -0.2) is 4.79 Å².